The second-order valence-electron chi connectivity index (χ2n) is 4.24. The summed E-state index contributed by atoms with van der Waals surface area (Å²) in [6, 6.07) is 10.8. The van der Waals surface area contributed by atoms with E-state index >= 15 is 0 Å². The zero-order chi connectivity index (χ0) is 13.1. The van der Waals surface area contributed by atoms with Gasteiger partial charge in [0.1, 0.15) is 5.75 Å². The largest absolute Gasteiger partial charge is 0.508 e. The first-order valence-corrected chi connectivity index (χ1v) is 6.48. The van der Waals surface area contributed by atoms with Crippen molar-refractivity contribution in [2.45, 2.75) is 6.54 Å². The van der Waals surface area contributed by atoms with Crippen LogP contribution >= 0.6 is 11.3 Å². The molecule has 5 heteroatoms. The van der Waals surface area contributed by atoms with E-state index in [1.54, 1.807) is 30.1 Å². The van der Waals surface area contributed by atoms with Gasteiger partial charge in [0, 0.05) is 13.6 Å². The third kappa shape index (κ3) is 2.93. The van der Waals surface area contributed by atoms with Crippen molar-refractivity contribution in [3.8, 4) is 5.75 Å². The minimum atomic E-state index is 0.0106. The maximum atomic E-state index is 12.1. The average molecular weight is 259 g/mol. The van der Waals surface area contributed by atoms with Crippen LogP contribution in [0.25, 0.3) is 0 Å². The Morgan fingerprint density at radius 2 is 2.17 bits per heavy atom. The van der Waals surface area contributed by atoms with Crippen molar-refractivity contribution < 1.29 is 9.90 Å². The number of nitrogens with zero attached hydrogens (tertiary/aromatic N) is 1. The van der Waals surface area contributed by atoms with Crippen LogP contribution in [0.3, 0.4) is 0 Å². The van der Waals surface area contributed by atoms with Crippen LogP contribution in [-0.2, 0) is 6.54 Å². The quantitative estimate of drug-likeness (QED) is 0.835. The van der Waals surface area contributed by atoms with Crippen molar-refractivity contribution in [3.63, 3.8) is 0 Å². The number of phenols is 1. The Morgan fingerprint density at radius 3 is 2.78 bits per heavy atom. The monoisotopic (exact) mass is 259 g/mol. The van der Waals surface area contributed by atoms with Gasteiger partial charge in [0.05, 0.1) is 4.88 Å². The third-order valence-electron chi connectivity index (χ3n) is 2.63. The summed E-state index contributed by atoms with van der Waals surface area (Å²) in [5.74, 6) is 0.233. The molecule has 1 N–H and O–H groups in total. The molecule has 1 heterocycles. The number of rotatable bonds is 3. The highest BCUT2D eigenvalue weighted by Gasteiger charge is 2.13. The van der Waals surface area contributed by atoms with Gasteiger partial charge in [-0.1, -0.05) is 18.2 Å². The van der Waals surface area contributed by atoms with E-state index in [-0.39, 0.29) is 11.7 Å². The normalized spacial score (nSPS) is 10.3. The first-order chi connectivity index (χ1) is 8.56. The van der Waals surface area contributed by atoms with Gasteiger partial charge in [-0.05, 0) is 28.5 Å². The highest BCUT2D eigenvalue weighted by atomic mass is 32.1. The van der Waals surface area contributed by atoms with Crippen LogP contribution < -0.4 is 4.78 Å². The second-order valence-corrected chi connectivity index (χ2v) is 5.53. The fourth-order valence-electron chi connectivity index (χ4n) is 1.74. The van der Waals surface area contributed by atoms with Gasteiger partial charge in [0.2, 0.25) is 0 Å². The van der Waals surface area contributed by atoms with Gasteiger partial charge in [-0.3, -0.25) is 4.79 Å². The predicted octanol–water partition coefficient (Wildman–Crippen LogP) is 0.984. The smallest absolute Gasteiger partial charge is 0.263 e. The average Bonchev–Trinajstić information content (AvgIpc) is 2.75. The SMILES string of the molecule is Bc1ccc(C(=O)N(C)Cc2cccc(O)c2)s1. The lowest BCUT2D eigenvalue weighted by atomic mass is 10.1. The van der Waals surface area contributed by atoms with Gasteiger partial charge in [-0.25, -0.2) is 0 Å². The number of thiophene rings is 1. The van der Waals surface area contributed by atoms with Crippen molar-refractivity contribution in [2.75, 3.05) is 7.05 Å². The summed E-state index contributed by atoms with van der Waals surface area (Å²) < 4.78 is 1.13. The molecule has 0 aliphatic heterocycles. The Morgan fingerprint density at radius 1 is 1.39 bits per heavy atom. The van der Waals surface area contributed by atoms with E-state index in [4.69, 9.17) is 0 Å². The van der Waals surface area contributed by atoms with Crippen molar-refractivity contribution in [1.29, 1.82) is 0 Å². The predicted molar refractivity (Wildman–Crippen MR) is 76.4 cm³/mol. The molecule has 3 nitrogen and oxygen atoms in total. The second kappa shape index (κ2) is 5.27. The minimum absolute atomic E-state index is 0.0106. The Hall–Kier alpha value is -1.75. The molecule has 0 aliphatic carbocycles. The maximum absolute atomic E-state index is 12.1. The van der Waals surface area contributed by atoms with Crippen LogP contribution in [0, 0.1) is 0 Å². The molecule has 2 aromatic rings. The fourth-order valence-corrected chi connectivity index (χ4v) is 2.60. The zero-order valence-corrected chi connectivity index (χ0v) is 11.2. The van der Waals surface area contributed by atoms with Gasteiger partial charge in [0.15, 0.2) is 7.85 Å². The lowest BCUT2D eigenvalue weighted by Crippen LogP contribution is -2.25. The number of phenolic OH excluding ortho intramolecular Hbond substituents is 1. The topological polar surface area (TPSA) is 40.5 Å². The van der Waals surface area contributed by atoms with Crippen LogP contribution in [-0.4, -0.2) is 30.8 Å². The summed E-state index contributed by atoms with van der Waals surface area (Å²) in [6.07, 6.45) is 0. The molecule has 0 saturated heterocycles. The van der Waals surface area contributed by atoms with Crippen molar-refractivity contribution >= 4 is 29.9 Å². The van der Waals surface area contributed by atoms with E-state index in [1.165, 1.54) is 11.3 Å². The number of aromatic hydroxyl groups is 1. The van der Waals surface area contributed by atoms with E-state index in [0.29, 0.717) is 6.54 Å². The van der Waals surface area contributed by atoms with Crippen LogP contribution in [0.5, 0.6) is 5.75 Å². The highest BCUT2D eigenvalue weighted by molar-refractivity contribution is 7.21. The number of benzene rings is 1. The van der Waals surface area contributed by atoms with Crippen LogP contribution in [0.2, 0.25) is 0 Å². The third-order valence-corrected chi connectivity index (χ3v) is 3.62. The summed E-state index contributed by atoms with van der Waals surface area (Å²) in [4.78, 5) is 14.5. The summed E-state index contributed by atoms with van der Waals surface area (Å²) in [6.45, 7) is 0.490. The highest BCUT2D eigenvalue weighted by Crippen LogP contribution is 2.15. The Kier molecular flexibility index (Phi) is 3.72. The zero-order valence-electron chi connectivity index (χ0n) is 10.4. The molecule has 1 amide bonds. The molecule has 0 radical (unpaired) electrons. The molecule has 0 atom stereocenters. The molecule has 0 spiro atoms. The first kappa shape index (κ1) is 12.7. The van der Waals surface area contributed by atoms with Gasteiger partial charge in [-0.2, -0.15) is 0 Å². The van der Waals surface area contributed by atoms with Gasteiger partial charge in [0.25, 0.3) is 5.91 Å². The number of hydrogen-bond donors (Lipinski definition) is 1. The van der Waals surface area contributed by atoms with Crippen LogP contribution in [0.15, 0.2) is 36.4 Å². The van der Waals surface area contributed by atoms with Gasteiger partial charge >= 0.3 is 0 Å². The minimum Gasteiger partial charge on any atom is -0.508 e. The molecule has 0 fully saturated rings. The molecule has 1 aromatic carbocycles. The van der Waals surface area contributed by atoms with E-state index in [9.17, 15) is 9.90 Å². The van der Waals surface area contributed by atoms with Crippen LogP contribution in [0.4, 0.5) is 0 Å². The molecule has 2 rings (SSSR count). The Labute approximate surface area is 111 Å². The van der Waals surface area contributed by atoms with Gasteiger partial charge in [-0.15, -0.1) is 11.3 Å². The van der Waals surface area contributed by atoms with E-state index < -0.39 is 0 Å². The summed E-state index contributed by atoms with van der Waals surface area (Å²) in [5, 5.41) is 9.38. The fraction of sp³-hybridized carbons (Fsp3) is 0.154. The Bertz CT molecular complexity index is 568. The van der Waals surface area contributed by atoms with E-state index in [0.717, 1.165) is 15.2 Å². The van der Waals surface area contributed by atoms with Crippen molar-refractivity contribution in [3.05, 3.63) is 46.8 Å². The molecule has 92 valence electrons. The van der Waals surface area contributed by atoms with Crippen LogP contribution in [0.1, 0.15) is 15.2 Å². The number of amides is 1. The van der Waals surface area contributed by atoms with Gasteiger partial charge < -0.3 is 10.0 Å². The first-order valence-electron chi connectivity index (χ1n) is 5.66. The number of carbonyl (C=O) groups excluding carboxylic acids is 1. The van der Waals surface area contributed by atoms with Crippen molar-refractivity contribution in [1.82, 2.24) is 4.90 Å². The van der Waals surface area contributed by atoms with E-state index in [1.807, 2.05) is 26.0 Å². The molecule has 18 heavy (non-hydrogen) atoms. The molecule has 0 unspecified atom stereocenters. The number of hydrogen-bond acceptors (Lipinski definition) is 3. The molecular formula is C13H14BNO2S. The summed E-state index contributed by atoms with van der Waals surface area (Å²) in [5.41, 5.74) is 0.916. The molecule has 0 aliphatic rings. The Balaban J connectivity index is 2.08. The molecule has 0 saturated carbocycles. The molecular weight excluding hydrogens is 245 g/mol. The number of carbonyl (C=O) groups is 1. The maximum Gasteiger partial charge on any atom is 0.263 e. The lowest BCUT2D eigenvalue weighted by Gasteiger charge is -2.16. The van der Waals surface area contributed by atoms with Crippen molar-refractivity contribution in [2.24, 2.45) is 0 Å². The molecule has 0 bridgehead atoms. The summed E-state index contributed by atoms with van der Waals surface area (Å²) >= 11 is 1.50. The standard InChI is InChI=1S/C13H14BNO2S/c1-15(8-9-3-2-4-10(16)7-9)13(17)11-5-6-12(14)18-11/h2-7,16H,8,14H2,1H3. The molecule has 1 aromatic heterocycles. The lowest BCUT2D eigenvalue weighted by molar-refractivity contribution is 0.0789. The van der Waals surface area contributed by atoms with E-state index in [2.05, 4.69) is 0 Å². The summed E-state index contributed by atoms with van der Waals surface area (Å²) in [7, 11) is 3.75.